The molecule has 66 valence electrons. The molecule has 1 fully saturated rings. The van der Waals surface area contributed by atoms with Gasteiger partial charge in [-0.1, -0.05) is 0 Å². The zero-order valence-electron chi connectivity index (χ0n) is 6.32. The average molecular weight is 180 g/mol. The van der Waals surface area contributed by atoms with Crippen LogP contribution >= 0.6 is 0 Å². The van der Waals surface area contributed by atoms with Crippen molar-refractivity contribution in [2.24, 2.45) is 0 Å². The Labute approximate surface area is 66.2 Å². The van der Waals surface area contributed by atoms with Crippen molar-refractivity contribution in [3.63, 3.8) is 0 Å². The van der Waals surface area contributed by atoms with Crippen LogP contribution in [-0.4, -0.2) is 44.1 Å². The molecule has 1 saturated heterocycles. The molecule has 1 aliphatic rings. The van der Waals surface area contributed by atoms with E-state index in [0.29, 0.717) is 13.0 Å². The van der Waals surface area contributed by atoms with E-state index < -0.39 is 16.3 Å². The van der Waals surface area contributed by atoms with Crippen LogP contribution in [-0.2, 0) is 10.2 Å². The van der Waals surface area contributed by atoms with Gasteiger partial charge in [0.15, 0.2) is 0 Å². The van der Waals surface area contributed by atoms with E-state index >= 15 is 0 Å². The first-order valence-electron chi connectivity index (χ1n) is 3.43. The number of rotatable bonds is 2. The summed E-state index contributed by atoms with van der Waals surface area (Å²) in [5, 5.41) is 9.02. The van der Waals surface area contributed by atoms with Gasteiger partial charge in [-0.2, -0.15) is 12.7 Å². The minimum Gasteiger partial charge on any atom is -0.392 e. The fraction of sp³-hybridized carbons (Fsp3) is 1.00. The van der Waals surface area contributed by atoms with E-state index in [0.717, 1.165) is 0 Å². The Hall–Kier alpha value is -0.170. The van der Waals surface area contributed by atoms with Crippen LogP contribution in [0.25, 0.3) is 0 Å². The molecule has 0 spiro atoms. The molecule has 1 rings (SSSR count). The van der Waals surface area contributed by atoms with Crippen LogP contribution in [0.15, 0.2) is 0 Å². The topological polar surface area (TPSA) is 69.6 Å². The van der Waals surface area contributed by atoms with Crippen molar-refractivity contribution >= 4 is 10.2 Å². The molecule has 11 heavy (non-hydrogen) atoms. The molecule has 0 aromatic rings. The van der Waals surface area contributed by atoms with Crippen molar-refractivity contribution in [3.05, 3.63) is 0 Å². The van der Waals surface area contributed by atoms with Gasteiger partial charge in [0.05, 0.1) is 6.10 Å². The first-order chi connectivity index (χ1) is 5.06. The number of hydrogen-bond donors (Lipinski definition) is 2. The number of nitrogens with one attached hydrogen (secondary N) is 1. The third kappa shape index (κ3) is 1.90. The number of hydrogen-bond acceptors (Lipinski definition) is 3. The maximum atomic E-state index is 11.1. The van der Waals surface area contributed by atoms with Gasteiger partial charge in [-0.15, -0.1) is 0 Å². The Balaban J connectivity index is 2.64. The largest absolute Gasteiger partial charge is 0.392 e. The second-order valence-electron chi connectivity index (χ2n) is 2.51. The standard InChI is InChI=1S/C5H12N2O3S/c1-6-11(9,10)7-3-2-5(8)4-7/h5-6,8H,2-4H2,1H3/t5-/m0/s1. The van der Waals surface area contributed by atoms with Crippen molar-refractivity contribution in [1.82, 2.24) is 9.03 Å². The zero-order valence-corrected chi connectivity index (χ0v) is 7.13. The van der Waals surface area contributed by atoms with Gasteiger partial charge in [0.25, 0.3) is 10.2 Å². The van der Waals surface area contributed by atoms with E-state index in [1.807, 2.05) is 0 Å². The van der Waals surface area contributed by atoms with Crippen molar-refractivity contribution < 1.29 is 13.5 Å². The van der Waals surface area contributed by atoms with E-state index in [1.165, 1.54) is 11.4 Å². The molecule has 1 aliphatic heterocycles. The molecule has 1 heterocycles. The highest BCUT2D eigenvalue weighted by Crippen LogP contribution is 2.11. The van der Waals surface area contributed by atoms with E-state index in [1.54, 1.807) is 0 Å². The lowest BCUT2D eigenvalue weighted by atomic mass is 10.3. The molecule has 0 aliphatic carbocycles. The fourth-order valence-corrected chi connectivity index (χ4v) is 2.03. The maximum absolute atomic E-state index is 11.1. The Kier molecular flexibility index (Phi) is 2.48. The molecular formula is C5H12N2O3S. The van der Waals surface area contributed by atoms with Crippen LogP contribution in [0.1, 0.15) is 6.42 Å². The minimum absolute atomic E-state index is 0.211. The summed E-state index contributed by atoms with van der Waals surface area (Å²) in [7, 11) is -1.95. The summed E-state index contributed by atoms with van der Waals surface area (Å²) in [5.41, 5.74) is 0. The number of aliphatic hydroxyl groups excluding tert-OH is 1. The summed E-state index contributed by atoms with van der Waals surface area (Å²) in [5.74, 6) is 0. The monoisotopic (exact) mass is 180 g/mol. The van der Waals surface area contributed by atoms with E-state index in [2.05, 4.69) is 4.72 Å². The van der Waals surface area contributed by atoms with Crippen LogP contribution < -0.4 is 4.72 Å². The van der Waals surface area contributed by atoms with E-state index in [4.69, 9.17) is 5.11 Å². The molecule has 0 aromatic carbocycles. The third-order valence-electron chi connectivity index (χ3n) is 1.72. The van der Waals surface area contributed by atoms with Gasteiger partial charge in [0, 0.05) is 20.1 Å². The highest BCUT2D eigenvalue weighted by Gasteiger charge is 2.28. The molecule has 5 nitrogen and oxygen atoms in total. The molecule has 0 saturated carbocycles. The Morgan fingerprint density at radius 2 is 2.27 bits per heavy atom. The number of aliphatic hydroxyl groups is 1. The molecule has 0 bridgehead atoms. The van der Waals surface area contributed by atoms with Crippen LogP contribution in [0.5, 0.6) is 0 Å². The van der Waals surface area contributed by atoms with Gasteiger partial charge >= 0.3 is 0 Å². The maximum Gasteiger partial charge on any atom is 0.279 e. The molecule has 0 unspecified atom stereocenters. The lowest BCUT2D eigenvalue weighted by molar-refractivity contribution is 0.189. The predicted molar refractivity (Wildman–Crippen MR) is 40.2 cm³/mol. The van der Waals surface area contributed by atoms with Gasteiger partial charge < -0.3 is 5.11 Å². The highest BCUT2D eigenvalue weighted by molar-refractivity contribution is 7.87. The van der Waals surface area contributed by atoms with Crippen LogP contribution in [0, 0.1) is 0 Å². The predicted octanol–water partition coefficient (Wildman–Crippen LogP) is -1.48. The SMILES string of the molecule is CNS(=O)(=O)N1CC[C@H](O)C1. The highest BCUT2D eigenvalue weighted by atomic mass is 32.2. The lowest BCUT2D eigenvalue weighted by Crippen LogP contribution is -2.37. The van der Waals surface area contributed by atoms with Crippen molar-refractivity contribution in [2.45, 2.75) is 12.5 Å². The van der Waals surface area contributed by atoms with Gasteiger partial charge in [-0.3, -0.25) is 0 Å². The lowest BCUT2D eigenvalue weighted by Gasteiger charge is -2.13. The van der Waals surface area contributed by atoms with Crippen molar-refractivity contribution in [3.8, 4) is 0 Å². The molecule has 1 atom stereocenters. The Morgan fingerprint density at radius 1 is 1.64 bits per heavy atom. The second-order valence-corrected chi connectivity index (χ2v) is 4.38. The molecule has 2 N–H and O–H groups in total. The zero-order chi connectivity index (χ0) is 8.48. The van der Waals surface area contributed by atoms with Crippen molar-refractivity contribution in [1.29, 1.82) is 0 Å². The van der Waals surface area contributed by atoms with Gasteiger partial charge in [0.2, 0.25) is 0 Å². The Bertz CT molecular complexity index is 226. The minimum atomic E-state index is -3.31. The molecular weight excluding hydrogens is 168 g/mol. The van der Waals surface area contributed by atoms with Crippen LogP contribution in [0.2, 0.25) is 0 Å². The summed E-state index contributed by atoms with van der Waals surface area (Å²) in [6, 6.07) is 0. The molecule has 0 aromatic heterocycles. The average Bonchev–Trinajstić information content (AvgIpc) is 2.36. The number of β-amino-alcohol motifs (C(OH)–C–C–N with tert-alkyl or cyclic N) is 1. The smallest absolute Gasteiger partial charge is 0.279 e. The summed E-state index contributed by atoms with van der Waals surface area (Å²) in [6.07, 6.45) is 0.0269. The molecule has 0 radical (unpaired) electrons. The van der Waals surface area contributed by atoms with Crippen molar-refractivity contribution in [2.75, 3.05) is 20.1 Å². The van der Waals surface area contributed by atoms with E-state index in [-0.39, 0.29) is 6.54 Å². The first kappa shape index (κ1) is 8.92. The van der Waals surface area contributed by atoms with Crippen LogP contribution in [0.3, 0.4) is 0 Å². The summed E-state index contributed by atoms with van der Waals surface area (Å²) in [4.78, 5) is 0. The first-order valence-corrected chi connectivity index (χ1v) is 4.87. The second kappa shape index (κ2) is 3.06. The summed E-state index contributed by atoms with van der Waals surface area (Å²) < 4.78 is 25.5. The quantitative estimate of drug-likeness (QED) is 0.544. The summed E-state index contributed by atoms with van der Waals surface area (Å²) >= 11 is 0. The third-order valence-corrected chi connectivity index (χ3v) is 3.25. The molecule has 0 amide bonds. The van der Waals surface area contributed by atoms with Gasteiger partial charge in [0.1, 0.15) is 0 Å². The normalized spacial score (nSPS) is 27.6. The van der Waals surface area contributed by atoms with Crippen LogP contribution in [0.4, 0.5) is 0 Å². The Morgan fingerprint density at radius 3 is 2.64 bits per heavy atom. The molecule has 6 heteroatoms. The number of nitrogens with zero attached hydrogens (tertiary/aromatic N) is 1. The van der Waals surface area contributed by atoms with E-state index in [9.17, 15) is 8.42 Å². The fourth-order valence-electron chi connectivity index (χ4n) is 1.06. The van der Waals surface area contributed by atoms with Gasteiger partial charge in [-0.05, 0) is 6.42 Å². The summed E-state index contributed by atoms with van der Waals surface area (Å²) in [6.45, 7) is 0.619. The van der Waals surface area contributed by atoms with Gasteiger partial charge in [-0.25, -0.2) is 4.72 Å².